The average Bonchev–Trinajstić information content (AvgIpc) is 3.52. The lowest BCUT2D eigenvalue weighted by atomic mass is 9.99. The largest absolute Gasteiger partial charge is 0.293 e. The number of H-pyrrole nitrogens is 1. The van der Waals surface area contributed by atoms with Crippen LogP contribution in [0, 0.1) is 6.92 Å². The zero-order valence-electron chi connectivity index (χ0n) is 17.9. The first kappa shape index (κ1) is 18.1. The second-order valence-corrected chi connectivity index (χ2v) is 8.40. The van der Waals surface area contributed by atoms with Gasteiger partial charge in [0.25, 0.3) is 0 Å². The van der Waals surface area contributed by atoms with E-state index in [2.05, 4.69) is 105 Å². The van der Waals surface area contributed by atoms with E-state index in [0.717, 1.165) is 55.2 Å². The van der Waals surface area contributed by atoms with E-state index in [9.17, 15) is 0 Å². The number of pyridine rings is 2. The Balaban J connectivity index is 1.73. The molecule has 0 amide bonds. The average molecular weight is 425 g/mol. The lowest BCUT2D eigenvalue weighted by Crippen LogP contribution is -1.99. The highest BCUT2D eigenvalue weighted by molar-refractivity contribution is 6.18. The first-order chi connectivity index (χ1) is 16.3. The fraction of sp³-hybridized carbons (Fsp3) is 0.0357. The molecular weight excluding hydrogens is 406 g/mol. The molecule has 0 radical (unpaired) electrons. The quantitative estimate of drug-likeness (QED) is 0.319. The highest BCUT2D eigenvalue weighted by atomic mass is 15.2. The Morgan fingerprint density at radius 1 is 0.727 bits per heavy atom. The van der Waals surface area contributed by atoms with Gasteiger partial charge in [-0.25, -0.2) is 15.0 Å². The van der Waals surface area contributed by atoms with Crippen LogP contribution < -0.4 is 0 Å². The minimum atomic E-state index is 0.665. The summed E-state index contributed by atoms with van der Waals surface area (Å²) >= 11 is 0. The van der Waals surface area contributed by atoms with Gasteiger partial charge in [0.1, 0.15) is 11.8 Å². The maximum atomic E-state index is 4.99. The van der Waals surface area contributed by atoms with Crippen LogP contribution in [0.5, 0.6) is 0 Å². The molecule has 0 saturated heterocycles. The molecule has 1 N–H and O–H groups in total. The molecule has 5 nitrogen and oxygen atoms in total. The molecule has 0 aliphatic carbocycles. The monoisotopic (exact) mass is 425 g/mol. The Morgan fingerprint density at radius 2 is 1.48 bits per heavy atom. The van der Waals surface area contributed by atoms with Gasteiger partial charge >= 0.3 is 0 Å². The number of benzene rings is 3. The Bertz CT molecular complexity index is 1810. The summed E-state index contributed by atoms with van der Waals surface area (Å²) in [6.45, 7) is 2.10. The zero-order valence-corrected chi connectivity index (χ0v) is 17.9. The van der Waals surface area contributed by atoms with Crippen LogP contribution in [0.2, 0.25) is 0 Å². The van der Waals surface area contributed by atoms with E-state index in [-0.39, 0.29) is 0 Å². The van der Waals surface area contributed by atoms with Crippen LogP contribution in [0.1, 0.15) is 5.56 Å². The Kier molecular flexibility index (Phi) is 3.70. The van der Waals surface area contributed by atoms with Gasteiger partial charge in [0.15, 0.2) is 5.65 Å². The van der Waals surface area contributed by atoms with Crippen LogP contribution in [0.25, 0.3) is 60.9 Å². The van der Waals surface area contributed by atoms with Crippen molar-refractivity contribution in [1.29, 1.82) is 0 Å². The van der Waals surface area contributed by atoms with Gasteiger partial charge in [-0.2, -0.15) is 0 Å². The summed E-state index contributed by atoms with van der Waals surface area (Å²) in [7, 11) is 0. The molecule has 5 heteroatoms. The number of nitrogens with one attached hydrogen (secondary N) is 1. The van der Waals surface area contributed by atoms with Crippen molar-refractivity contribution in [1.82, 2.24) is 24.6 Å². The number of aromatic nitrogens is 5. The second kappa shape index (κ2) is 6.74. The van der Waals surface area contributed by atoms with Crippen molar-refractivity contribution in [3.05, 3.63) is 96.8 Å². The smallest absolute Gasteiger partial charge is 0.181 e. The summed E-state index contributed by atoms with van der Waals surface area (Å²) < 4.78 is 2.16. The van der Waals surface area contributed by atoms with Gasteiger partial charge in [0.2, 0.25) is 0 Å². The van der Waals surface area contributed by atoms with Crippen LogP contribution >= 0.6 is 0 Å². The van der Waals surface area contributed by atoms with Crippen LogP contribution in [0.4, 0.5) is 0 Å². The van der Waals surface area contributed by atoms with E-state index in [1.54, 1.807) is 6.33 Å². The molecule has 0 fully saturated rings. The number of imidazole rings is 1. The van der Waals surface area contributed by atoms with Crippen molar-refractivity contribution in [2.24, 2.45) is 0 Å². The van der Waals surface area contributed by atoms with E-state index in [1.807, 2.05) is 6.07 Å². The topological polar surface area (TPSA) is 58.9 Å². The van der Waals surface area contributed by atoms with E-state index in [0.29, 0.717) is 5.65 Å². The highest BCUT2D eigenvalue weighted by Gasteiger charge is 2.20. The molecule has 0 aliphatic rings. The third-order valence-electron chi connectivity index (χ3n) is 6.36. The lowest BCUT2D eigenvalue weighted by molar-refractivity contribution is 1.01. The van der Waals surface area contributed by atoms with Crippen molar-refractivity contribution in [2.75, 3.05) is 0 Å². The maximum Gasteiger partial charge on any atom is 0.181 e. The van der Waals surface area contributed by atoms with Gasteiger partial charge in [-0.3, -0.25) is 9.61 Å². The SMILES string of the molecule is Cc1ccc(-c2c3ncnc3nc3c4ccccc4c4cc(-c5ccccc5)[nH]n4c23)cc1. The van der Waals surface area contributed by atoms with Crippen molar-refractivity contribution in [3.63, 3.8) is 0 Å². The number of hydrogen-bond acceptors (Lipinski definition) is 3. The molecule has 7 rings (SSSR count). The van der Waals surface area contributed by atoms with E-state index < -0.39 is 0 Å². The molecule has 0 bridgehead atoms. The summed E-state index contributed by atoms with van der Waals surface area (Å²) in [5.74, 6) is 0. The minimum absolute atomic E-state index is 0.665. The molecule has 7 aromatic rings. The first-order valence-corrected chi connectivity index (χ1v) is 11.0. The molecule has 4 heterocycles. The molecule has 0 unspecified atom stereocenters. The molecule has 0 saturated carbocycles. The highest BCUT2D eigenvalue weighted by Crippen LogP contribution is 2.38. The minimum Gasteiger partial charge on any atom is -0.293 e. The van der Waals surface area contributed by atoms with Crippen molar-refractivity contribution in [2.45, 2.75) is 6.92 Å². The molecular formula is C28H19N5. The third-order valence-corrected chi connectivity index (χ3v) is 6.36. The van der Waals surface area contributed by atoms with Crippen LogP contribution in [-0.4, -0.2) is 24.6 Å². The van der Waals surface area contributed by atoms with Crippen LogP contribution in [0.3, 0.4) is 0 Å². The molecule has 0 atom stereocenters. The molecule has 4 aromatic heterocycles. The number of rotatable bonds is 2. The predicted molar refractivity (Wildman–Crippen MR) is 133 cm³/mol. The van der Waals surface area contributed by atoms with Gasteiger partial charge in [0, 0.05) is 16.3 Å². The molecule has 0 aliphatic heterocycles. The summed E-state index contributed by atoms with van der Waals surface area (Å²) in [5.41, 5.74) is 10.0. The predicted octanol–water partition coefficient (Wildman–Crippen LogP) is 6.55. The van der Waals surface area contributed by atoms with Crippen molar-refractivity contribution in [3.8, 4) is 22.4 Å². The normalized spacial score (nSPS) is 11.8. The molecule has 0 spiro atoms. The summed E-state index contributed by atoms with van der Waals surface area (Å²) in [6.07, 6.45) is 1.60. The Labute approximate surface area is 189 Å². The molecule has 3 aromatic carbocycles. The molecule has 33 heavy (non-hydrogen) atoms. The number of fused-ring (bicyclic) bond motifs is 7. The van der Waals surface area contributed by atoms with Gasteiger partial charge in [-0.1, -0.05) is 84.4 Å². The zero-order chi connectivity index (χ0) is 21.9. The summed E-state index contributed by atoms with van der Waals surface area (Å²) in [4.78, 5) is 14.1. The van der Waals surface area contributed by atoms with Gasteiger partial charge in [-0.15, -0.1) is 0 Å². The van der Waals surface area contributed by atoms with Crippen molar-refractivity contribution >= 4 is 38.5 Å². The number of aryl methyl sites for hydroxylation is 1. The third kappa shape index (κ3) is 2.62. The van der Waals surface area contributed by atoms with Gasteiger partial charge in [-0.05, 0) is 24.1 Å². The fourth-order valence-electron chi connectivity index (χ4n) is 4.77. The van der Waals surface area contributed by atoms with E-state index >= 15 is 0 Å². The standard InChI is InChI=1S/C28H19N5/c1-17-11-13-19(14-12-17)24-26-28(30-16-29-26)31-25-21-10-6-5-9-20(21)23-15-22(32-33(23)27(24)25)18-7-3-2-4-8-18/h2-16,32H,1H3. The number of hydrogen-bond donors (Lipinski definition) is 1. The number of aromatic amines is 1. The second-order valence-electron chi connectivity index (χ2n) is 8.40. The van der Waals surface area contributed by atoms with Crippen LogP contribution in [-0.2, 0) is 0 Å². The number of nitrogens with zero attached hydrogens (tertiary/aromatic N) is 4. The molecule has 156 valence electrons. The van der Waals surface area contributed by atoms with Gasteiger partial charge in [0.05, 0.1) is 22.2 Å². The fourth-order valence-corrected chi connectivity index (χ4v) is 4.77. The first-order valence-electron chi connectivity index (χ1n) is 11.0. The Hall–Kier alpha value is -4.51. The van der Waals surface area contributed by atoms with E-state index in [1.165, 1.54) is 5.56 Å². The van der Waals surface area contributed by atoms with Gasteiger partial charge < -0.3 is 0 Å². The van der Waals surface area contributed by atoms with Crippen LogP contribution in [0.15, 0.2) is 91.3 Å². The lowest BCUT2D eigenvalue weighted by Gasteiger charge is -2.13. The maximum absolute atomic E-state index is 4.99. The van der Waals surface area contributed by atoms with Crippen molar-refractivity contribution < 1.29 is 0 Å². The Morgan fingerprint density at radius 3 is 2.30 bits per heavy atom. The summed E-state index contributed by atoms with van der Waals surface area (Å²) in [5, 5.41) is 5.90. The van der Waals surface area contributed by atoms with E-state index in [4.69, 9.17) is 4.98 Å². The summed E-state index contributed by atoms with van der Waals surface area (Å²) in [6, 6.07) is 29.6.